The van der Waals surface area contributed by atoms with Crippen LogP contribution in [0.15, 0.2) is 24.7 Å². The Labute approximate surface area is 185 Å². The summed E-state index contributed by atoms with van der Waals surface area (Å²) in [6, 6.07) is 2.34. The summed E-state index contributed by atoms with van der Waals surface area (Å²) in [5.41, 5.74) is 0.545. The van der Waals surface area contributed by atoms with Gasteiger partial charge in [-0.3, -0.25) is 9.48 Å². The molecule has 9 nitrogen and oxygen atoms in total. The highest BCUT2D eigenvalue weighted by Crippen LogP contribution is 2.34. The maximum absolute atomic E-state index is 14.8. The maximum atomic E-state index is 14.8. The molecule has 1 atom stereocenters. The minimum Gasteiger partial charge on any atom is -0.491 e. The van der Waals surface area contributed by atoms with E-state index in [1.165, 1.54) is 30.8 Å². The van der Waals surface area contributed by atoms with Crippen molar-refractivity contribution in [3.63, 3.8) is 0 Å². The number of nitrogens with zero attached hydrogens (tertiary/aromatic N) is 5. The molecule has 3 aromatic rings. The fraction of sp³-hybridized carbons (Fsp3) is 0.455. The van der Waals surface area contributed by atoms with E-state index >= 15 is 0 Å². The van der Waals surface area contributed by atoms with Gasteiger partial charge in [-0.05, 0) is 37.8 Å². The van der Waals surface area contributed by atoms with E-state index in [1.807, 2.05) is 0 Å². The van der Waals surface area contributed by atoms with E-state index in [4.69, 9.17) is 4.74 Å². The summed E-state index contributed by atoms with van der Waals surface area (Å²) in [7, 11) is 3.05. The highest BCUT2D eigenvalue weighted by molar-refractivity contribution is 6.05. The van der Waals surface area contributed by atoms with Crippen molar-refractivity contribution in [1.82, 2.24) is 25.1 Å². The van der Waals surface area contributed by atoms with E-state index in [-0.39, 0.29) is 22.6 Å². The smallest absolute Gasteiger partial charge is 0.275 e. The van der Waals surface area contributed by atoms with Crippen LogP contribution in [0.25, 0.3) is 10.9 Å². The number of aromatic nitrogens is 4. The van der Waals surface area contributed by atoms with Gasteiger partial charge in [-0.25, -0.2) is 14.4 Å². The first-order valence-electron chi connectivity index (χ1n) is 10.8. The normalized spacial score (nSPS) is 18.3. The van der Waals surface area contributed by atoms with Gasteiger partial charge in [0.25, 0.3) is 5.91 Å². The number of hydrogen-bond donors (Lipinski definition) is 2. The molecule has 0 spiro atoms. The molecule has 3 heterocycles. The molecule has 2 aliphatic rings. The molecule has 2 aromatic heterocycles. The van der Waals surface area contributed by atoms with Gasteiger partial charge in [0.05, 0.1) is 25.2 Å². The topological polar surface area (TPSA) is 97.2 Å². The summed E-state index contributed by atoms with van der Waals surface area (Å²) < 4.78 is 21.5. The Morgan fingerprint density at radius 1 is 1.28 bits per heavy atom. The van der Waals surface area contributed by atoms with Gasteiger partial charge in [-0.15, -0.1) is 0 Å². The molecule has 0 unspecified atom stereocenters. The summed E-state index contributed by atoms with van der Waals surface area (Å²) in [5.74, 6) is 0.179. The Balaban J connectivity index is 1.27. The number of rotatable bonds is 7. The predicted octanol–water partition coefficient (Wildman–Crippen LogP) is 2.34. The van der Waals surface area contributed by atoms with Crippen LogP contribution in [0.4, 0.5) is 15.9 Å². The van der Waals surface area contributed by atoms with Crippen molar-refractivity contribution >= 4 is 28.3 Å². The van der Waals surface area contributed by atoms with E-state index in [2.05, 4.69) is 30.6 Å². The summed E-state index contributed by atoms with van der Waals surface area (Å²) >= 11 is 0. The summed E-state index contributed by atoms with van der Waals surface area (Å²) in [5, 5.41) is 10.9. The molecule has 1 aromatic carbocycles. The van der Waals surface area contributed by atoms with Gasteiger partial charge in [-0.2, -0.15) is 5.10 Å². The van der Waals surface area contributed by atoms with Gasteiger partial charge in [0.2, 0.25) is 0 Å². The third kappa shape index (κ3) is 4.10. The number of benzene rings is 1. The maximum Gasteiger partial charge on any atom is 0.275 e. The zero-order chi connectivity index (χ0) is 22.2. The number of aryl methyl sites for hydroxylation is 1. The molecule has 10 heteroatoms. The quantitative estimate of drug-likeness (QED) is 0.583. The molecule has 1 aliphatic heterocycles. The lowest BCUT2D eigenvalue weighted by molar-refractivity contribution is 0.102. The van der Waals surface area contributed by atoms with Crippen molar-refractivity contribution in [3.05, 3.63) is 36.2 Å². The van der Waals surface area contributed by atoms with Crippen LogP contribution in [0.3, 0.4) is 0 Å². The third-order valence-electron chi connectivity index (χ3n) is 6.01. The van der Waals surface area contributed by atoms with E-state index < -0.39 is 11.7 Å². The Morgan fingerprint density at radius 3 is 2.84 bits per heavy atom. The number of anilines is 2. The molecule has 1 aliphatic carbocycles. The summed E-state index contributed by atoms with van der Waals surface area (Å²) in [6.45, 7) is 2.90. The first kappa shape index (κ1) is 20.6. The SMILES string of the molecule is COc1c(NC(=O)c2cnc(N3CC[C@H](CNC4CC4)C3)cn2)cc2cn(C)nc2c1F. The molecule has 1 saturated carbocycles. The highest BCUT2D eigenvalue weighted by atomic mass is 19.1. The molecule has 0 bridgehead atoms. The first-order chi connectivity index (χ1) is 15.5. The Hall–Kier alpha value is -3.27. The van der Waals surface area contributed by atoms with Gasteiger partial charge < -0.3 is 20.3 Å². The number of hydrogen-bond acceptors (Lipinski definition) is 7. The Morgan fingerprint density at radius 2 is 2.12 bits per heavy atom. The second kappa shape index (κ2) is 8.34. The summed E-state index contributed by atoms with van der Waals surface area (Å²) in [6.07, 6.45) is 8.44. The van der Waals surface area contributed by atoms with Crippen LogP contribution >= 0.6 is 0 Å². The largest absolute Gasteiger partial charge is 0.491 e. The zero-order valence-corrected chi connectivity index (χ0v) is 18.1. The molecule has 2 fully saturated rings. The average Bonchev–Trinajstić information content (AvgIpc) is 3.36. The molecule has 168 valence electrons. The number of amides is 1. The van der Waals surface area contributed by atoms with Crippen LogP contribution < -0.4 is 20.3 Å². The zero-order valence-electron chi connectivity index (χ0n) is 18.1. The highest BCUT2D eigenvalue weighted by Gasteiger charge is 2.27. The lowest BCUT2D eigenvalue weighted by Gasteiger charge is -2.17. The third-order valence-corrected chi connectivity index (χ3v) is 6.01. The fourth-order valence-corrected chi connectivity index (χ4v) is 4.14. The number of methoxy groups -OCH3 is 1. The van der Waals surface area contributed by atoms with Crippen molar-refractivity contribution < 1.29 is 13.9 Å². The molecular weight excluding hydrogens is 413 g/mol. The van der Waals surface area contributed by atoms with Crippen LogP contribution in [0, 0.1) is 11.7 Å². The molecule has 32 heavy (non-hydrogen) atoms. The van der Waals surface area contributed by atoms with Crippen LogP contribution in [0.5, 0.6) is 5.75 Å². The second-order valence-electron chi connectivity index (χ2n) is 8.51. The average molecular weight is 439 g/mol. The minimum atomic E-state index is -0.623. The van der Waals surface area contributed by atoms with Gasteiger partial charge in [-0.1, -0.05) is 0 Å². The van der Waals surface area contributed by atoms with Gasteiger partial charge in [0, 0.05) is 37.8 Å². The number of ether oxygens (including phenoxy) is 1. The summed E-state index contributed by atoms with van der Waals surface area (Å²) in [4.78, 5) is 23.7. The molecule has 1 amide bonds. The minimum absolute atomic E-state index is 0.0722. The van der Waals surface area contributed by atoms with Crippen molar-refractivity contribution in [1.29, 1.82) is 0 Å². The van der Waals surface area contributed by atoms with Gasteiger partial charge >= 0.3 is 0 Å². The van der Waals surface area contributed by atoms with Crippen LogP contribution in [0.1, 0.15) is 29.8 Å². The standard InChI is InChI=1S/C22H26FN7O2/c1-29-12-14-7-16(21(32-2)19(23)20(14)28-29)27-22(31)17-9-26-18(10-25-17)30-6-5-13(11-30)8-24-15-3-4-15/h7,9-10,12-13,15,24H,3-6,8,11H2,1-2H3,(H,27,31)/t13-/m1/s1. The number of halogens is 1. The van der Waals surface area contributed by atoms with E-state index in [0.29, 0.717) is 17.3 Å². The number of nitrogens with one attached hydrogen (secondary N) is 2. The van der Waals surface area contributed by atoms with Crippen LogP contribution in [-0.2, 0) is 7.05 Å². The first-order valence-corrected chi connectivity index (χ1v) is 10.8. The number of carbonyl (C=O) groups is 1. The van der Waals surface area contributed by atoms with Gasteiger partial charge in [0.15, 0.2) is 11.6 Å². The van der Waals surface area contributed by atoms with Crippen molar-refractivity contribution in [3.8, 4) is 5.75 Å². The monoisotopic (exact) mass is 439 g/mol. The second-order valence-corrected chi connectivity index (χ2v) is 8.51. The predicted molar refractivity (Wildman–Crippen MR) is 119 cm³/mol. The fourth-order valence-electron chi connectivity index (χ4n) is 4.14. The van der Waals surface area contributed by atoms with Crippen molar-refractivity contribution in [2.45, 2.75) is 25.3 Å². The van der Waals surface area contributed by atoms with Crippen LogP contribution in [-0.4, -0.2) is 58.4 Å². The number of carbonyl (C=O) groups excluding carboxylic acids is 1. The van der Waals surface area contributed by atoms with E-state index in [9.17, 15) is 9.18 Å². The van der Waals surface area contributed by atoms with Crippen LogP contribution in [0.2, 0.25) is 0 Å². The van der Waals surface area contributed by atoms with Crippen molar-refractivity contribution in [2.24, 2.45) is 13.0 Å². The van der Waals surface area contributed by atoms with Gasteiger partial charge in [0.1, 0.15) is 17.0 Å². The molecular formula is C22H26FN7O2. The number of fused-ring (bicyclic) bond motifs is 1. The van der Waals surface area contributed by atoms with Crippen molar-refractivity contribution in [2.75, 3.05) is 37.0 Å². The van der Waals surface area contributed by atoms with E-state index in [1.54, 1.807) is 25.5 Å². The molecule has 1 saturated heterocycles. The van der Waals surface area contributed by atoms with E-state index in [0.717, 1.165) is 31.9 Å². The lowest BCUT2D eigenvalue weighted by atomic mass is 10.1. The Kier molecular flexibility index (Phi) is 5.38. The lowest BCUT2D eigenvalue weighted by Crippen LogP contribution is -2.28. The molecule has 2 N–H and O–H groups in total. The molecule has 5 rings (SSSR count). The Bertz CT molecular complexity index is 1140. The molecule has 0 radical (unpaired) electrons.